The lowest BCUT2D eigenvalue weighted by molar-refractivity contribution is -0.0793. The van der Waals surface area contributed by atoms with E-state index < -0.39 is 6.18 Å². The van der Waals surface area contributed by atoms with Gasteiger partial charge in [-0.1, -0.05) is 0 Å². The Labute approximate surface area is 67.9 Å². The van der Waals surface area contributed by atoms with Gasteiger partial charge in [-0.25, -0.2) is 0 Å². The van der Waals surface area contributed by atoms with Crippen molar-refractivity contribution in [2.24, 2.45) is 0 Å². The average molecular weight is 175 g/mol. The molecule has 0 saturated carbocycles. The number of hydrogen-bond donors (Lipinski definition) is 1. The van der Waals surface area contributed by atoms with Gasteiger partial charge >= 0.3 is 6.18 Å². The van der Waals surface area contributed by atoms with Crippen molar-refractivity contribution in [3.8, 4) is 0 Å². The molecule has 66 valence electrons. The minimum atomic E-state index is -4.24. The van der Waals surface area contributed by atoms with E-state index in [2.05, 4.69) is 4.98 Å². The lowest BCUT2D eigenvalue weighted by Crippen LogP contribution is -2.02. The summed E-state index contributed by atoms with van der Waals surface area (Å²) in [5, 5.41) is 0. The Hall–Kier alpha value is -1.19. The third-order valence-electron chi connectivity index (χ3n) is 1.40. The van der Waals surface area contributed by atoms with E-state index in [1.807, 2.05) is 0 Å². The molecule has 0 saturated heterocycles. The molecule has 0 bridgehead atoms. The van der Waals surface area contributed by atoms with Crippen molar-refractivity contribution >= 4 is 5.57 Å². The summed E-state index contributed by atoms with van der Waals surface area (Å²) >= 11 is 0. The molecule has 0 atom stereocenters. The summed E-state index contributed by atoms with van der Waals surface area (Å²) in [5.74, 6) is 0. The second-order valence-electron chi connectivity index (χ2n) is 2.45. The van der Waals surface area contributed by atoms with E-state index in [1.165, 1.54) is 6.92 Å². The van der Waals surface area contributed by atoms with Crippen LogP contribution in [-0.4, -0.2) is 11.2 Å². The first-order valence-corrected chi connectivity index (χ1v) is 3.39. The molecule has 0 aliphatic carbocycles. The molecule has 4 heteroatoms. The summed E-state index contributed by atoms with van der Waals surface area (Å²) in [7, 11) is 0. The van der Waals surface area contributed by atoms with Gasteiger partial charge in [-0.15, -0.1) is 0 Å². The number of hydrogen-bond acceptors (Lipinski definition) is 0. The van der Waals surface area contributed by atoms with E-state index in [1.54, 1.807) is 18.3 Å². The van der Waals surface area contributed by atoms with Crippen molar-refractivity contribution in [3.63, 3.8) is 0 Å². The van der Waals surface area contributed by atoms with E-state index >= 15 is 0 Å². The Morgan fingerprint density at radius 2 is 2.17 bits per heavy atom. The van der Waals surface area contributed by atoms with Crippen molar-refractivity contribution in [3.05, 3.63) is 30.1 Å². The number of rotatable bonds is 1. The number of aromatic nitrogens is 1. The molecule has 0 amide bonds. The number of allylic oxidation sites excluding steroid dienone is 2. The summed E-state index contributed by atoms with van der Waals surface area (Å²) in [6.07, 6.45) is -2.38. The van der Waals surface area contributed by atoms with Crippen LogP contribution in [0.1, 0.15) is 12.6 Å². The minimum Gasteiger partial charge on any atom is -0.361 e. The van der Waals surface area contributed by atoms with Crippen LogP contribution < -0.4 is 0 Å². The molecule has 1 nitrogen and oxygen atoms in total. The maximum atomic E-state index is 11.8. The smallest absolute Gasteiger partial charge is 0.361 e. The van der Waals surface area contributed by atoms with Gasteiger partial charge in [0.2, 0.25) is 0 Å². The zero-order valence-electron chi connectivity index (χ0n) is 6.44. The van der Waals surface area contributed by atoms with Crippen LogP contribution in [0.2, 0.25) is 0 Å². The molecule has 12 heavy (non-hydrogen) atoms. The highest BCUT2D eigenvalue weighted by Gasteiger charge is 2.23. The number of H-pyrrole nitrogens is 1. The quantitative estimate of drug-likeness (QED) is 0.675. The molecule has 0 fully saturated rings. The highest BCUT2D eigenvalue weighted by molar-refractivity contribution is 5.61. The molecule has 1 rings (SSSR count). The Morgan fingerprint density at radius 1 is 1.50 bits per heavy atom. The van der Waals surface area contributed by atoms with Crippen LogP contribution in [0.5, 0.6) is 0 Å². The van der Waals surface area contributed by atoms with Gasteiger partial charge in [-0.2, -0.15) is 13.2 Å². The molecule has 1 aromatic rings. The maximum absolute atomic E-state index is 11.8. The molecule has 1 aromatic heterocycles. The van der Waals surface area contributed by atoms with Crippen LogP contribution in [0.15, 0.2) is 24.4 Å². The predicted octanol–water partition coefficient (Wildman–Crippen LogP) is 2.98. The monoisotopic (exact) mass is 175 g/mol. The average Bonchev–Trinajstić information content (AvgIpc) is 2.32. The fourth-order valence-electron chi connectivity index (χ4n) is 0.899. The van der Waals surface area contributed by atoms with Gasteiger partial charge in [-0.05, 0) is 24.6 Å². The molecule has 0 unspecified atom stereocenters. The zero-order valence-corrected chi connectivity index (χ0v) is 6.44. The number of nitrogens with one attached hydrogen (secondary N) is 1. The highest BCUT2D eigenvalue weighted by Crippen LogP contribution is 2.22. The topological polar surface area (TPSA) is 15.8 Å². The summed E-state index contributed by atoms with van der Waals surface area (Å²) in [4.78, 5) is 2.69. The second kappa shape index (κ2) is 3.05. The third kappa shape index (κ3) is 2.45. The summed E-state index contributed by atoms with van der Waals surface area (Å²) in [5.41, 5.74) is 0.680. The highest BCUT2D eigenvalue weighted by atomic mass is 19.4. The zero-order chi connectivity index (χ0) is 9.19. The first-order chi connectivity index (χ1) is 5.49. The first kappa shape index (κ1) is 8.90. The fraction of sp³-hybridized carbons (Fsp3) is 0.250. The summed E-state index contributed by atoms with van der Waals surface area (Å²) in [6, 6.07) is 3.25. The summed E-state index contributed by atoms with van der Waals surface area (Å²) < 4.78 is 35.4. The van der Waals surface area contributed by atoms with E-state index in [0.717, 1.165) is 0 Å². The van der Waals surface area contributed by atoms with Gasteiger partial charge in [0.25, 0.3) is 0 Å². The van der Waals surface area contributed by atoms with Crippen LogP contribution in [0.25, 0.3) is 5.57 Å². The Morgan fingerprint density at radius 3 is 2.58 bits per heavy atom. The van der Waals surface area contributed by atoms with Gasteiger partial charge in [0.05, 0.1) is 0 Å². The molecule has 0 aliphatic heterocycles. The fourth-order valence-corrected chi connectivity index (χ4v) is 0.899. The largest absolute Gasteiger partial charge is 0.410 e. The van der Waals surface area contributed by atoms with Crippen molar-refractivity contribution in [2.75, 3.05) is 0 Å². The summed E-state index contributed by atoms with van der Waals surface area (Å²) in [6.45, 7) is 1.42. The molecular weight excluding hydrogens is 167 g/mol. The second-order valence-corrected chi connectivity index (χ2v) is 2.45. The SMILES string of the molecule is C/C(=C\C(F)(F)F)c1ccc[nH]1. The molecule has 1 N–H and O–H groups in total. The van der Waals surface area contributed by atoms with E-state index in [-0.39, 0.29) is 11.6 Å². The molecule has 0 radical (unpaired) electrons. The number of aromatic amines is 1. The number of alkyl halides is 3. The molecule has 0 aliphatic rings. The molecular formula is C8H8F3N. The van der Waals surface area contributed by atoms with Crippen molar-refractivity contribution in [1.82, 2.24) is 4.98 Å². The van der Waals surface area contributed by atoms with Crippen molar-refractivity contribution in [2.45, 2.75) is 13.1 Å². The standard InChI is InChI=1S/C8H8F3N/c1-6(5-8(9,10)11)7-3-2-4-12-7/h2-5,12H,1H3/b6-5+. The van der Waals surface area contributed by atoms with Crippen LogP contribution in [-0.2, 0) is 0 Å². The van der Waals surface area contributed by atoms with Gasteiger partial charge in [0, 0.05) is 18.0 Å². The van der Waals surface area contributed by atoms with Crippen LogP contribution in [0.3, 0.4) is 0 Å². The van der Waals surface area contributed by atoms with Gasteiger partial charge < -0.3 is 4.98 Å². The predicted molar refractivity (Wildman–Crippen MR) is 40.5 cm³/mol. The maximum Gasteiger partial charge on any atom is 0.410 e. The van der Waals surface area contributed by atoms with E-state index in [9.17, 15) is 13.2 Å². The Bertz CT molecular complexity index is 269. The lowest BCUT2D eigenvalue weighted by atomic mass is 10.2. The van der Waals surface area contributed by atoms with Gasteiger partial charge in [0.1, 0.15) is 0 Å². The van der Waals surface area contributed by atoms with Gasteiger partial charge in [-0.3, -0.25) is 0 Å². The van der Waals surface area contributed by atoms with Crippen LogP contribution >= 0.6 is 0 Å². The van der Waals surface area contributed by atoms with E-state index in [4.69, 9.17) is 0 Å². The molecule has 1 heterocycles. The van der Waals surface area contributed by atoms with Crippen molar-refractivity contribution in [1.29, 1.82) is 0 Å². The van der Waals surface area contributed by atoms with Gasteiger partial charge in [0.15, 0.2) is 0 Å². The minimum absolute atomic E-state index is 0.188. The van der Waals surface area contributed by atoms with E-state index in [0.29, 0.717) is 5.69 Å². The normalized spacial score (nSPS) is 13.5. The molecule has 0 spiro atoms. The Balaban J connectivity index is 2.85. The lowest BCUT2D eigenvalue weighted by Gasteiger charge is -2.01. The van der Waals surface area contributed by atoms with Crippen molar-refractivity contribution < 1.29 is 13.2 Å². The third-order valence-corrected chi connectivity index (χ3v) is 1.40. The Kier molecular flexibility index (Phi) is 2.26. The molecule has 0 aromatic carbocycles. The van der Waals surface area contributed by atoms with Crippen LogP contribution in [0, 0.1) is 0 Å². The first-order valence-electron chi connectivity index (χ1n) is 3.39. The number of halogens is 3. The van der Waals surface area contributed by atoms with Crippen LogP contribution in [0.4, 0.5) is 13.2 Å².